The highest BCUT2D eigenvalue weighted by atomic mass is 32.2. The van der Waals surface area contributed by atoms with Crippen molar-refractivity contribution in [2.45, 2.75) is 86.8 Å². The van der Waals surface area contributed by atoms with E-state index >= 15 is 0 Å². The van der Waals surface area contributed by atoms with Crippen molar-refractivity contribution >= 4 is 42.7 Å². The molecule has 11 heteroatoms. The van der Waals surface area contributed by atoms with Gasteiger partial charge in [-0.3, -0.25) is 9.27 Å². The summed E-state index contributed by atoms with van der Waals surface area (Å²) in [5, 5.41) is 0. The summed E-state index contributed by atoms with van der Waals surface area (Å²) in [5.41, 5.74) is 9.93. The molecule has 0 amide bonds. The van der Waals surface area contributed by atoms with Crippen LogP contribution in [0, 0.1) is 0 Å². The number of sulfonamides is 1. The van der Waals surface area contributed by atoms with Crippen molar-refractivity contribution in [2.75, 3.05) is 10.5 Å². The Morgan fingerprint density at radius 1 is 0.735 bits per heavy atom. The first kappa shape index (κ1) is 36.0. The number of nitrogens with two attached hydrogens (primary N) is 1. The summed E-state index contributed by atoms with van der Waals surface area (Å²) in [7, 11) is -8.66. The van der Waals surface area contributed by atoms with Crippen molar-refractivity contribution in [1.82, 2.24) is 9.97 Å². The molecule has 9 nitrogen and oxygen atoms in total. The highest BCUT2D eigenvalue weighted by molar-refractivity contribution is 7.92. The van der Waals surface area contributed by atoms with Gasteiger partial charge < -0.3 is 5.73 Å². The van der Waals surface area contributed by atoms with Gasteiger partial charge in [0.1, 0.15) is 5.69 Å². The molecule has 0 bridgehead atoms. The minimum atomic E-state index is -4.54. The Bertz CT molecular complexity index is 2070. The summed E-state index contributed by atoms with van der Waals surface area (Å²) in [4.78, 5) is 9.29. The van der Waals surface area contributed by atoms with E-state index in [0.717, 1.165) is 24.8 Å². The van der Waals surface area contributed by atoms with E-state index in [9.17, 15) is 21.4 Å². The van der Waals surface area contributed by atoms with Crippen LogP contribution in [0.1, 0.15) is 81.8 Å². The van der Waals surface area contributed by atoms with Gasteiger partial charge in [-0.1, -0.05) is 106 Å². The number of benzene rings is 4. The monoisotopic (exact) mass is 700 g/mol. The molecule has 258 valence electrons. The van der Waals surface area contributed by atoms with Gasteiger partial charge in [-0.25, -0.2) is 18.4 Å². The zero-order chi connectivity index (χ0) is 34.9. The minimum Gasteiger partial charge on any atom is -0.399 e. The van der Waals surface area contributed by atoms with Crippen molar-refractivity contribution in [1.29, 1.82) is 0 Å². The number of hydrogen-bond donors (Lipinski definition) is 3. The Labute approximate surface area is 289 Å². The standard InChI is InChI=1S/C38H44N4O5S2/c1-2-3-4-5-6-7-9-16-29(28-14-10-8-11-15-28)21-22-30-17-13-20-35-36(30)41-37(31-18-12-19-34(27-31)49(45,46)47)38(40-35)42-48(43,44)33-25-23-32(39)24-26-33/h8,10-15,17-20,23-27,29H,2-7,9,16,21-22,39H2,1H3,(H,40,42)(H,45,46,47). The van der Waals surface area contributed by atoms with Gasteiger partial charge in [0.05, 0.1) is 20.8 Å². The Morgan fingerprint density at radius 3 is 2.14 bits per heavy atom. The molecule has 1 unspecified atom stereocenters. The number of anilines is 2. The Hall–Kier alpha value is -4.32. The molecule has 0 saturated heterocycles. The fourth-order valence-corrected chi connectivity index (χ4v) is 7.66. The van der Waals surface area contributed by atoms with E-state index in [4.69, 9.17) is 15.7 Å². The van der Waals surface area contributed by atoms with Gasteiger partial charge in [-0.2, -0.15) is 8.42 Å². The summed E-state index contributed by atoms with van der Waals surface area (Å²) in [6.07, 6.45) is 11.4. The van der Waals surface area contributed by atoms with Crippen molar-refractivity contribution in [3.8, 4) is 11.3 Å². The van der Waals surface area contributed by atoms with Crippen LogP contribution in [-0.4, -0.2) is 31.4 Å². The Balaban J connectivity index is 1.49. The molecule has 1 aromatic heterocycles. The van der Waals surface area contributed by atoms with Crippen LogP contribution in [0.25, 0.3) is 22.3 Å². The van der Waals surface area contributed by atoms with E-state index in [1.54, 1.807) is 12.1 Å². The molecule has 4 N–H and O–H groups in total. The summed E-state index contributed by atoms with van der Waals surface area (Å²) in [6, 6.07) is 27.6. The molecule has 0 fully saturated rings. The van der Waals surface area contributed by atoms with Crippen LogP contribution < -0.4 is 10.5 Å². The number of fused-ring (bicyclic) bond motifs is 1. The number of nitrogens with one attached hydrogen (secondary N) is 1. The fourth-order valence-electron chi connectivity index (χ4n) is 6.13. The van der Waals surface area contributed by atoms with Crippen LogP contribution >= 0.6 is 0 Å². The van der Waals surface area contributed by atoms with Gasteiger partial charge in [-0.15, -0.1) is 0 Å². The first-order valence-corrected chi connectivity index (χ1v) is 19.8. The molecule has 1 heterocycles. The highest BCUT2D eigenvalue weighted by Crippen LogP contribution is 2.33. The third-order valence-electron chi connectivity index (χ3n) is 8.79. The molecule has 5 rings (SSSR count). The van der Waals surface area contributed by atoms with Crippen LogP contribution in [0.3, 0.4) is 0 Å². The average Bonchev–Trinajstić information content (AvgIpc) is 3.09. The van der Waals surface area contributed by atoms with Crippen molar-refractivity contribution in [3.05, 3.63) is 108 Å². The van der Waals surface area contributed by atoms with E-state index in [0.29, 0.717) is 29.1 Å². The van der Waals surface area contributed by atoms with Gasteiger partial charge in [0, 0.05) is 11.3 Å². The third kappa shape index (κ3) is 9.65. The van der Waals surface area contributed by atoms with Crippen molar-refractivity contribution < 1.29 is 21.4 Å². The minimum absolute atomic E-state index is 0.0251. The predicted molar refractivity (Wildman–Crippen MR) is 197 cm³/mol. The summed E-state index contributed by atoms with van der Waals surface area (Å²) in [5.74, 6) is 0.284. The summed E-state index contributed by atoms with van der Waals surface area (Å²) >= 11 is 0. The van der Waals surface area contributed by atoms with E-state index in [2.05, 4.69) is 35.9 Å². The average molecular weight is 701 g/mol. The second-order valence-corrected chi connectivity index (χ2v) is 15.5. The SMILES string of the molecule is CCCCCCCCCC(CCc1cccc2nc(NS(=O)(=O)c3ccc(N)cc3)c(-c3cccc(S(=O)(=O)O)c3)nc12)c1ccccc1. The Morgan fingerprint density at radius 2 is 1.43 bits per heavy atom. The van der Waals surface area contributed by atoms with Gasteiger partial charge in [0.25, 0.3) is 20.1 Å². The number of rotatable bonds is 17. The molecule has 0 aliphatic rings. The maximum atomic E-state index is 13.5. The van der Waals surface area contributed by atoms with Crippen LogP contribution in [0.15, 0.2) is 107 Å². The smallest absolute Gasteiger partial charge is 0.294 e. The fraction of sp³-hybridized carbons (Fsp3) is 0.316. The zero-order valence-corrected chi connectivity index (χ0v) is 29.4. The maximum absolute atomic E-state index is 13.5. The molecule has 0 spiro atoms. The summed E-state index contributed by atoms with van der Waals surface area (Å²) in [6.45, 7) is 2.23. The number of nitrogens with zero attached hydrogens (tertiary/aromatic N) is 2. The van der Waals surface area contributed by atoms with E-state index < -0.39 is 20.1 Å². The topological polar surface area (TPSA) is 152 Å². The lowest BCUT2D eigenvalue weighted by molar-refractivity contribution is 0.483. The highest BCUT2D eigenvalue weighted by Gasteiger charge is 2.22. The molecule has 0 aliphatic heterocycles. The summed E-state index contributed by atoms with van der Waals surface area (Å²) < 4.78 is 63.3. The van der Waals surface area contributed by atoms with Crippen molar-refractivity contribution in [3.63, 3.8) is 0 Å². The van der Waals surface area contributed by atoms with Crippen LogP contribution in [0.5, 0.6) is 0 Å². The molecule has 1 atom stereocenters. The molecular formula is C38H44N4O5S2. The van der Waals surface area contributed by atoms with E-state index in [1.807, 2.05) is 18.2 Å². The second-order valence-electron chi connectivity index (χ2n) is 12.4. The van der Waals surface area contributed by atoms with Gasteiger partial charge in [0.15, 0.2) is 5.82 Å². The molecule has 5 aromatic rings. The first-order chi connectivity index (χ1) is 23.5. The Kier molecular flexibility index (Phi) is 12.0. The molecule has 0 saturated carbocycles. The van der Waals surface area contributed by atoms with E-state index in [1.165, 1.54) is 86.6 Å². The van der Waals surface area contributed by atoms with Crippen LogP contribution in [0.2, 0.25) is 0 Å². The third-order valence-corrected chi connectivity index (χ3v) is 11.0. The molecule has 4 aromatic carbocycles. The lowest BCUT2D eigenvalue weighted by atomic mass is 9.87. The molecular weight excluding hydrogens is 657 g/mol. The predicted octanol–water partition coefficient (Wildman–Crippen LogP) is 8.78. The molecule has 0 radical (unpaired) electrons. The lowest BCUT2D eigenvalue weighted by Gasteiger charge is -2.19. The number of para-hydroxylation sites is 1. The molecule has 49 heavy (non-hydrogen) atoms. The number of hydrogen-bond acceptors (Lipinski definition) is 7. The van der Waals surface area contributed by atoms with Gasteiger partial charge >= 0.3 is 0 Å². The maximum Gasteiger partial charge on any atom is 0.294 e. The number of nitrogen functional groups attached to an aromatic ring is 1. The second kappa shape index (κ2) is 16.4. The zero-order valence-electron chi connectivity index (χ0n) is 27.8. The largest absolute Gasteiger partial charge is 0.399 e. The van der Waals surface area contributed by atoms with Crippen LogP contribution in [0.4, 0.5) is 11.5 Å². The number of unbranched alkanes of at least 4 members (excludes halogenated alkanes) is 6. The first-order valence-electron chi connectivity index (χ1n) is 16.9. The molecule has 0 aliphatic carbocycles. The number of aromatic nitrogens is 2. The quantitative estimate of drug-likeness (QED) is 0.0494. The number of aryl methyl sites for hydroxylation is 1. The van der Waals surface area contributed by atoms with Gasteiger partial charge in [-0.05, 0) is 78.8 Å². The van der Waals surface area contributed by atoms with E-state index in [-0.39, 0.29) is 26.9 Å². The van der Waals surface area contributed by atoms with Crippen molar-refractivity contribution in [2.24, 2.45) is 0 Å². The van der Waals surface area contributed by atoms with Gasteiger partial charge in [0.2, 0.25) is 0 Å². The van der Waals surface area contributed by atoms with Crippen LogP contribution in [-0.2, 0) is 26.6 Å². The normalized spacial score (nSPS) is 12.6. The lowest BCUT2D eigenvalue weighted by Crippen LogP contribution is -2.15.